The van der Waals surface area contributed by atoms with Crippen molar-refractivity contribution in [3.8, 4) is 11.5 Å². The number of rotatable bonds is 17. The summed E-state index contributed by atoms with van der Waals surface area (Å²) in [5.74, 6) is 0.270. The van der Waals surface area contributed by atoms with Gasteiger partial charge in [-0.2, -0.15) is 0 Å². The predicted octanol–water partition coefficient (Wildman–Crippen LogP) is 6.18. The lowest BCUT2D eigenvalue weighted by Crippen LogP contribution is -2.67. The van der Waals surface area contributed by atoms with Gasteiger partial charge in [0.1, 0.15) is 36.4 Å². The van der Waals surface area contributed by atoms with E-state index in [2.05, 4.69) is 45.0 Å². The normalized spacial score (nSPS) is 17.8. The van der Waals surface area contributed by atoms with E-state index in [0.29, 0.717) is 11.3 Å². The molecule has 0 fully saturated rings. The van der Waals surface area contributed by atoms with Crippen LogP contribution in [0.25, 0.3) is 0 Å². The zero-order valence-electron chi connectivity index (χ0n) is 32.7. The molecule has 0 spiro atoms. The van der Waals surface area contributed by atoms with Gasteiger partial charge in [0.15, 0.2) is 6.10 Å². The monoisotopic (exact) mass is 768 g/mol. The fourth-order valence-electron chi connectivity index (χ4n) is 6.82. The van der Waals surface area contributed by atoms with Gasteiger partial charge in [-0.3, -0.25) is 0 Å². The summed E-state index contributed by atoms with van der Waals surface area (Å²) in [6, 6.07) is 35.3. The molecule has 1 heterocycles. The van der Waals surface area contributed by atoms with Crippen LogP contribution < -0.4 is 19.8 Å². The fraction of sp³-hybridized carbons (Fsp3) is 0.364. The molecule has 4 atom stereocenters. The Morgan fingerprint density at radius 3 is 1.76 bits per heavy atom. The van der Waals surface area contributed by atoms with Crippen molar-refractivity contribution in [1.29, 1.82) is 0 Å². The van der Waals surface area contributed by atoms with Crippen LogP contribution in [0, 0.1) is 0 Å². The molecule has 5 rings (SSSR count). The Kier molecular flexibility index (Phi) is 14.4. The molecule has 4 aromatic rings. The van der Waals surface area contributed by atoms with Crippen LogP contribution in [0.15, 0.2) is 121 Å². The maximum atomic E-state index is 13.3. The lowest BCUT2D eigenvalue weighted by Gasteiger charge is -2.45. The molecule has 0 aliphatic carbocycles. The molecule has 1 aliphatic heterocycles. The summed E-state index contributed by atoms with van der Waals surface area (Å²) in [5, 5.41) is 1.85. The quantitative estimate of drug-likeness (QED) is 0.0703. The Labute approximate surface area is 325 Å². The van der Waals surface area contributed by atoms with Crippen LogP contribution in [0.4, 0.5) is 0 Å². The Morgan fingerprint density at radius 2 is 1.27 bits per heavy atom. The highest BCUT2D eigenvalue weighted by Crippen LogP contribution is 2.38. The average Bonchev–Trinajstić information content (AvgIpc) is 3.20. The van der Waals surface area contributed by atoms with Gasteiger partial charge in [0.2, 0.25) is 0 Å². The Morgan fingerprint density at radius 1 is 0.745 bits per heavy atom. The second kappa shape index (κ2) is 19.2. The lowest BCUT2D eigenvalue weighted by molar-refractivity contribution is -0.183. The van der Waals surface area contributed by atoms with Crippen LogP contribution in [0.5, 0.6) is 11.5 Å². The smallest absolute Gasteiger partial charge is 0.338 e. The number of ether oxygens (including phenoxy) is 7. The molecule has 0 amide bonds. The topological polar surface area (TPSA) is 108 Å². The first-order chi connectivity index (χ1) is 26.5. The zero-order valence-corrected chi connectivity index (χ0v) is 33.7. The number of benzene rings is 4. The summed E-state index contributed by atoms with van der Waals surface area (Å²) in [6.07, 6.45) is -1.85. The predicted molar refractivity (Wildman–Crippen MR) is 212 cm³/mol. The van der Waals surface area contributed by atoms with E-state index in [1.54, 1.807) is 14.2 Å². The van der Waals surface area contributed by atoms with Crippen molar-refractivity contribution in [3.05, 3.63) is 132 Å². The van der Waals surface area contributed by atoms with Crippen molar-refractivity contribution in [2.75, 3.05) is 34.5 Å². The SMILES string of the molecule is COC(=O)[C@@H](OCc1ccc(OC)cc1)[C@@H]1O[C@H](CO[Si](c2ccccc2)(c2ccccc2)C(C)(C)C)[C@@H](OC(=O)COCc2ccc(OC)cc2)C=C1C. The molecule has 0 bridgehead atoms. The van der Waals surface area contributed by atoms with Crippen LogP contribution in [-0.2, 0) is 50.9 Å². The molecule has 0 N–H and O–H groups in total. The summed E-state index contributed by atoms with van der Waals surface area (Å²) in [6.45, 7) is 8.47. The van der Waals surface area contributed by atoms with E-state index in [1.807, 2.05) is 97.9 Å². The fourth-order valence-corrected chi connectivity index (χ4v) is 11.4. The van der Waals surface area contributed by atoms with Gasteiger partial charge in [-0.25, -0.2) is 9.59 Å². The van der Waals surface area contributed by atoms with Gasteiger partial charge < -0.3 is 37.6 Å². The molecule has 4 aromatic carbocycles. The number of methoxy groups -OCH3 is 3. The van der Waals surface area contributed by atoms with Gasteiger partial charge >= 0.3 is 11.9 Å². The van der Waals surface area contributed by atoms with Gasteiger partial charge in [-0.1, -0.05) is 106 Å². The lowest BCUT2D eigenvalue weighted by atomic mass is 9.98. The maximum absolute atomic E-state index is 13.3. The van der Waals surface area contributed by atoms with Crippen molar-refractivity contribution >= 4 is 30.6 Å². The summed E-state index contributed by atoms with van der Waals surface area (Å²) in [4.78, 5) is 26.7. The van der Waals surface area contributed by atoms with Crippen molar-refractivity contribution in [2.24, 2.45) is 0 Å². The summed E-state index contributed by atoms with van der Waals surface area (Å²) >= 11 is 0. The standard InChI is InChI=1S/C44H52O10Si/c1-31-26-38(53-40(45)30-50-27-32-18-22-34(47-5)23-19-32)39(54-41(31)42(43(46)49-7)51-28-33-20-24-35(48-6)25-21-33)29-52-55(44(2,3)4,36-14-10-8-11-15-36)37-16-12-9-13-17-37/h8-26,38-39,41-42H,27-30H2,1-7H3/t38-,39+,41+,42-/m0/s1. The highest BCUT2D eigenvalue weighted by atomic mass is 28.4. The Bertz CT molecular complexity index is 1800. The van der Waals surface area contributed by atoms with Crippen molar-refractivity contribution in [1.82, 2.24) is 0 Å². The third-order valence-electron chi connectivity index (χ3n) is 9.66. The molecule has 292 valence electrons. The molecule has 10 nitrogen and oxygen atoms in total. The number of hydrogen-bond acceptors (Lipinski definition) is 10. The second-order valence-corrected chi connectivity index (χ2v) is 18.7. The number of carbonyl (C=O) groups excluding carboxylic acids is 2. The van der Waals surface area contributed by atoms with E-state index in [1.165, 1.54) is 7.11 Å². The van der Waals surface area contributed by atoms with E-state index < -0.39 is 44.7 Å². The molecule has 11 heteroatoms. The van der Waals surface area contributed by atoms with Crippen LogP contribution >= 0.6 is 0 Å². The third kappa shape index (κ3) is 10.3. The first kappa shape index (κ1) is 41.4. The number of hydrogen-bond donors (Lipinski definition) is 0. The van der Waals surface area contributed by atoms with Gasteiger partial charge in [-0.05, 0) is 69.4 Å². The molecule has 0 saturated carbocycles. The average molecular weight is 769 g/mol. The van der Waals surface area contributed by atoms with Gasteiger partial charge in [0.05, 0.1) is 41.2 Å². The van der Waals surface area contributed by atoms with E-state index in [4.69, 9.17) is 37.6 Å². The van der Waals surface area contributed by atoms with Gasteiger partial charge in [0.25, 0.3) is 8.32 Å². The van der Waals surface area contributed by atoms with E-state index in [0.717, 1.165) is 27.2 Å². The van der Waals surface area contributed by atoms with Crippen LogP contribution in [0.1, 0.15) is 38.8 Å². The molecular weight excluding hydrogens is 717 g/mol. The van der Waals surface area contributed by atoms with Crippen molar-refractivity contribution in [3.63, 3.8) is 0 Å². The number of carbonyl (C=O) groups is 2. The molecule has 0 aromatic heterocycles. The van der Waals surface area contributed by atoms with Crippen molar-refractivity contribution in [2.45, 2.75) is 70.4 Å². The van der Waals surface area contributed by atoms with Crippen LogP contribution in [0.3, 0.4) is 0 Å². The van der Waals surface area contributed by atoms with Crippen LogP contribution in [0.2, 0.25) is 5.04 Å². The zero-order chi connectivity index (χ0) is 39.4. The number of esters is 2. The van der Waals surface area contributed by atoms with Crippen LogP contribution in [-0.4, -0.2) is 79.2 Å². The minimum absolute atomic E-state index is 0.0462. The second-order valence-electron chi connectivity index (χ2n) is 14.4. The Hall–Kier alpha value is -4.78. The first-order valence-corrected chi connectivity index (χ1v) is 20.2. The molecule has 0 radical (unpaired) electrons. The highest BCUT2D eigenvalue weighted by Gasteiger charge is 2.51. The molecule has 1 aliphatic rings. The minimum atomic E-state index is -3.04. The molecular formula is C44H52O10Si. The van der Waals surface area contributed by atoms with Gasteiger partial charge in [-0.15, -0.1) is 0 Å². The van der Waals surface area contributed by atoms with Gasteiger partial charge in [0, 0.05) is 0 Å². The largest absolute Gasteiger partial charge is 0.497 e. The summed E-state index contributed by atoms with van der Waals surface area (Å²) in [7, 11) is 1.48. The summed E-state index contributed by atoms with van der Waals surface area (Å²) < 4.78 is 47.8. The first-order valence-electron chi connectivity index (χ1n) is 18.3. The highest BCUT2D eigenvalue weighted by molar-refractivity contribution is 6.99. The van der Waals surface area contributed by atoms with Crippen molar-refractivity contribution < 1.29 is 47.2 Å². The Balaban J connectivity index is 1.43. The summed E-state index contributed by atoms with van der Waals surface area (Å²) in [5.41, 5.74) is 2.36. The minimum Gasteiger partial charge on any atom is -0.497 e. The molecule has 0 unspecified atom stereocenters. The van der Waals surface area contributed by atoms with E-state index in [-0.39, 0.29) is 31.5 Å². The molecule has 0 saturated heterocycles. The third-order valence-corrected chi connectivity index (χ3v) is 14.7. The van der Waals surface area contributed by atoms with E-state index in [9.17, 15) is 9.59 Å². The maximum Gasteiger partial charge on any atom is 0.338 e. The van der Waals surface area contributed by atoms with E-state index >= 15 is 0 Å². The molecule has 55 heavy (non-hydrogen) atoms.